The lowest BCUT2D eigenvalue weighted by atomic mass is 10.0. The van der Waals surface area contributed by atoms with Crippen molar-refractivity contribution in [2.45, 2.75) is 0 Å². The lowest BCUT2D eigenvalue weighted by Gasteiger charge is -2.09. The molecule has 0 amide bonds. The van der Waals surface area contributed by atoms with Gasteiger partial charge in [0.2, 0.25) is 0 Å². The van der Waals surface area contributed by atoms with Crippen LogP contribution in [0.2, 0.25) is 0 Å². The van der Waals surface area contributed by atoms with Gasteiger partial charge in [0.05, 0.1) is 11.4 Å². The highest BCUT2D eigenvalue weighted by Gasteiger charge is 2.09. The predicted octanol–water partition coefficient (Wildman–Crippen LogP) is 4.96. The molecule has 0 fully saturated rings. The molecule has 0 bridgehead atoms. The molecular weight excluding hydrogens is 268 g/mol. The van der Waals surface area contributed by atoms with Crippen molar-refractivity contribution in [1.29, 1.82) is 0 Å². The maximum atomic E-state index is 4.90. The van der Waals surface area contributed by atoms with Crippen molar-refractivity contribution in [1.82, 2.24) is 9.97 Å². The van der Waals surface area contributed by atoms with E-state index < -0.39 is 0 Å². The Morgan fingerprint density at radius 2 is 1.45 bits per heavy atom. The first-order chi connectivity index (χ1) is 10.9. The molecule has 2 heteroatoms. The number of nitrogens with zero attached hydrogens (tertiary/aromatic N) is 2. The molecule has 4 rings (SSSR count). The van der Waals surface area contributed by atoms with Gasteiger partial charge in [0.1, 0.15) is 0 Å². The topological polar surface area (TPSA) is 25.8 Å². The van der Waals surface area contributed by atoms with Crippen LogP contribution in [0.1, 0.15) is 0 Å². The maximum absolute atomic E-state index is 4.90. The fourth-order valence-corrected chi connectivity index (χ4v) is 2.68. The zero-order chi connectivity index (χ0) is 14.8. The Kier molecular flexibility index (Phi) is 3.13. The van der Waals surface area contributed by atoms with Crippen LogP contribution in [0.4, 0.5) is 0 Å². The number of fused-ring (bicyclic) bond motifs is 1. The lowest BCUT2D eigenvalue weighted by Crippen LogP contribution is -1.91. The number of aromatic nitrogens is 2. The van der Waals surface area contributed by atoms with Gasteiger partial charge in [-0.1, -0.05) is 54.6 Å². The molecule has 0 atom stereocenters. The zero-order valence-corrected chi connectivity index (χ0v) is 12.0. The average Bonchev–Trinajstić information content (AvgIpc) is 2.62. The van der Waals surface area contributed by atoms with E-state index in [1.54, 1.807) is 6.20 Å². The van der Waals surface area contributed by atoms with E-state index in [0.717, 1.165) is 27.9 Å². The molecule has 2 aromatic heterocycles. The molecule has 22 heavy (non-hydrogen) atoms. The summed E-state index contributed by atoms with van der Waals surface area (Å²) in [5.74, 6) is 0. The molecule has 0 aliphatic rings. The number of pyridine rings is 2. The quantitative estimate of drug-likeness (QED) is 0.519. The van der Waals surface area contributed by atoms with Crippen LogP contribution in [0, 0.1) is 0 Å². The SMILES string of the molecule is c1ccc(-c2cc3ccccc3c(-c3cccnc3)n2)cc1. The summed E-state index contributed by atoms with van der Waals surface area (Å²) in [5, 5.41) is 2.34. The third-order valence-electron chi connectivity index (χ3n) is 3.74. The molecule has 0 unspecified atom stereocenters. The summed E-state index contributed by atoms with van der Waals surface area (Å²) in [7, 11) is 0. The van der Waals surface area contributed by atoms with Crippen LogP contribution in [0.5, 0.6) is 0 Å². The highest BCUT2D eigenvalue weighted by molar-refractivity contribution is 5.96. The Balaban J connectivity index is 2.02. The van der Waals surface area contributed by atoms with Crippen LogP contribution in [0.15, 0.2) is 85.2 Å². The van der Waals surface area contributed by atoms with E-state index in [-0.39, 0.29) is 0 Å². The van der Waals surface area contributed by atoms with Crippen LogP contribution >= 0.6 is 0 Å². The Morgan fingerprint density at radius 1 is 0.682 bits per heavy atom. The van der Waals surface area contributed by atoms with Gasteiger partial charge in [-0.15, -0.1) is 0 Å². The van der Waals surface area contributed by atoms with Gasteiger partial charge in [0, 0.05) is 28.9 Å². The molecule has 2 aromatic carbocycles. The van der Waals surface area contributed by atoms with Gasteiger partial charge in [-0.2, -0.15) is 0 Å². The van der Waals surface area contributed by atoms with Crippen molar-refractivity contribution in [2.24, 2.45) is 0 Å². The minimum atomic E-state index is 0.977. The molecule has 4 aromatic rings. The van der Waals surface area contributed by atoms with Crippen molar-refractivity contribution >= 4 is 10.8 Å². The summed E-state index contributed by atoms with van der Waals surface area (Å²) in [6.45, 7) is 0. The number of hydrogen-bond acceptors (Lipinski definition) is 2. The van der Waals surface area contributed by atoms with Crippen LogP contribution in [0.25, 0.3) is 33.3 Å². The molecular formula is C20H14N2. The summed E-state index contributed by atoms with van der Waals surface area (Å²) in [4.78, 5) is 9.13. The Hall–Kier alpha value is -3.00. The summed E-state index contributed by atoms with van der Waals surface area (Å²) >= 11 is 0. The van der Waals surface area contributed by atoms with Crippen LogP contribution < -0.4 is 0 Å². The van der Waals surface area contributed by atoms with E-state index >= 15 is 0 Å². The highest BCUT2D eigenvalue weighted by Crippen LogP contribution is 2.30. The number of benzene rings is 2. The lowest BCUT2D eigenvalue weighted by molar-refractivity contribution is 1.29. The van der Waals surface area contributed by atoms with Crippen LogP contribution in [0.3, 0.4) is 0 Å². The summed E-state index contributed by atoms with van der Waals surface area (Å²) < 4.78 is 0. The summed E-state index contributed by atoms with van der Waals surface area (Å²) in [6.07, 6.45) is 3.65. The molecule has 2 heterocycles. The van der Waals surface area contributed by atoms with Gasteiger partial charge >= 0.3 is 0 Å². The van der Waals surface area contributed by atoms with Crippen LogP contribution in [-0.4, -0.2) is 9.97 Å². The molecule has 2 nitrogen and oxygen atoms in total. The molecule has 0 spiro atoms. The van der Waals surface area contributed by atoms with Crippen LogP contribution in [-0.2, 0) is 0 Å². The molecule has 0 aliphatic carbocycles. The molecule has 0 saturated carbocycles. The monoisotopic (exact) mass is 282 g/mol. The second-order valence-corrected chi connectivity index (χ2v) is 5.18. The fourth-order valence-electron chi connectivity index (χ4n) is 2.68. The normalized spacial score (nSPS) is 10.7. The van der Waals surface area contributed by atoms with E-state index in [4.69, 9.17) is 4.98 Å². The van der Waals surface area contributed by atoms with Gasteiger partial charge in [0.25, 0.3) is 0 Å². The van der Waals surface area contributed by atoms with Gasteiger partial charge in [0.15, 0.2) is 0 Å². The first-order valence-corrected chi connectivity index (χ1v) is 7.27. The highest BCUT2D eigenvalue weighted by atomic mass is 14.7. The van der Waals surface area contributed by atoms with Gasteiger partial charge < -0.3 is 0 Å². The minimum absolute atomic E-state index is 0.977. The standard InChI is InChI=1S/C20H14N2/c1-2-7-15(8-3-1)19-13-16-9-4-5-11-18(16)20(22-19)17-10-6-12-21-14-17/h1-14H. The summed E-state index contributed by atoms with van der Waals surface area (Å²) in [5.41, 5.74) is 4.12. The molecule has 0 radical (unpaired) electrons. The zero-order valence-electron chi connectivity index (χ0n) is 12.0. The Bertz CT molecular complexity index is 916. The minimum Gasteiger partial charge on any atom is -0.264 e. The van der Waals surface area contributed by atoms with Gasteiger partial charge in [-0.05, 0) is 23.6 Å². The van der Waals surface area contributed by atoms with E-state index in [9.17, 15) is 0 Å². The van der Waals surface area contributed by atoms with E-state index in [1.165, 1.54) is 5.39 Å². The van der Waals surface area contributed by atoms with Gasteiger partial charge in [-0.3, -0.25) is 4.98 Å². The second kappa shape index (κ2) is 5.41. The third-order valence-corrected chi connectivity index (χ3v) is 3.74. The van der Waals surface area contributed by atoms with Crippen molar-refractivity contribution in [3.05, 3.63) is 85.2 Å². The Morgan fingerprint density at radius 3 is 2.27 bits per heavy atom. The molecule has 104 valence electrons. The van der Waals surface area contributed by atoms with Crippen molar-refractivity contribution < 1.29 is 0 Å². The van der Waals surface area contributed by atoms with E-state index in [2.05, 4.69) is 47.4 Å². The third kappa shape index (κ3) is 2.25. The summed E-state index contributed by atoms with van der Waals surface area (Å²) in [6, 6.07) is 24.8. The predicted molar refractivity (Wildman–Crippen MR) is 90.4 cm³/mol. The van der Waals surface area contributed by atoms with Crippen molar-refractivity contribution in [3.63, 3.8) is 0 Å². The first kappa shape index (κ1) is 12.7. The smallest absolute Gasteiger partial charge is 0.0803 e. The molecule has 0 N–H and O–H groups in total. The van der Waals surface area contributed by atoms with E-state index in [1.807, 2.05) is 36.5 Å². The average molecular weight is 282 g/mol. The van der Waals surface area contributed by atoms with Crippen molar-refractivity contribution in [2.75, 3.05) is 0 Å². The molecule has 0 aliphatic heterocycles. The van der Waals surface area contributed by atoms with Gasteiger partial charge in [-0.25, -0.2) is 4.98 Å². The Labute approximate surface area is 129 Å². The van der Waals surface area contributed by atoms with Crippen molar-refractivity contribution in [3.8, 4) is 22.5 Å². The van der Waals surface area contributed by atoms with E-state index in [0.29, 0.717) is 0 Å². The molecule has 0 saturated heterocycles. The fraction of sp³-hybridized carbons (Fsp3) is 0. The number of hydrogen-bond donors (Lipinski definition) is 0. The number of rotatable bonds is 2. The maximum Gasteiger partial charge on any atom is 0.0803 e. The second-order valence-electron chi connectivity index (χ2n) is 5.18. The first-order valence-electron chi connectivity index (χ1n) is 7.27. The largest absolute Gasteiger partial charge is 0.264 e.